The van der Waals surface area contributed by atoms with E-state index in [-0.39, 0.29) is 11.3 Å². The predicted octanol–water partition coefficient (Wildman–Crippen LogP) is 0.692. The van der Waals surface area contributed by atoms with Gasteiger partial charge in [-0.05, 0) is 31.6 Å². The van der Waals surface area contributed by atoms with Crippen LogP contribution in [-0.2, 0) is 9.53 Å². The molecule has 1 unspecified atom stereocenters. The minimum atomic E-state index is -0.0145. The third kappa shape index (κ3) is 0.966. The molecular weight excluding hydrogens is 166 g/mol. The molecule has 3 rings (SSSR count). The number of hydrogen-bond donors (Lipinski definition) is 1. The van der Waals surface area contributed by atoms with Gasteiger partial charge in [0, 0.05) is 19.3 Å². The van der Waals surface area contributed by atoms with Gasteiger partial charge in [-0.3, -0.25) is 4.79 Å². The van der Waals surface area contributed by atoms with E-state index in [2.05, 4.69) is 5.32 Å². The third-order valence-corrected chi connectivity index (χ3v) is 3.81. The SMILES string of the molecule is O=C1NC(C2CC2)C12CCOCC2. The first-order chi connectivity index (χ1) is 6.33. The lowest BCUT2D eigenvalue weighted by Crippen LogP contribution is -2.69. The zero-order valence-electron chi connectivity index (χ0n) is 7.71. The Hall–Kier alpha value is -0.570. The summed E-state index contributed by atoms with van der Waals surface area (Å²) in [5.74, 6) is 1.07. The summed E-state index contributed by atoms with van der Waals surface area (Å²) < 4.78 is 5.32. The van der Waals surface area contributed by atoms with Gasteiger partial charge in [0.2, 0.25) is 5.91 Å². The average Bonchev–Trinajstić information content (AvgIpc) is 2.99. The second kappa shape index (κ2) is 2.47. The van der Waals surface area contributed by atoms with Gasteiger partial charge < -0.3 is 10.1 Å². The molecule has 0 aromatic rings. The van der Waals surface area contributed by atoms with Crippen molar-refractivity contribution in [2.75, 3.05) is 13.2 Å². The Labute approximate surface area is 77.8 Å². The lowest BCUT2D eigenvalue weighted by atomic mass is 9.65. The monoisotopic (exact) mass is 181 g/mol. The zero-order valence-corrected chi connectivity index (χ0v) is 7.71. The van der Waals surface area contributed by atoms with Crippen LogP contribution in [0.1, 0.15) is 25.7 Å². The van der Waals surface area contributed by atoms with Crippen molar-refractivity contribution in [3.63, 3.8) is 0 Å². The molecule has 1 atom stereocenters. The molecular formula is C10H15NO2. The Morgan fingerprint density at radius 2 is 2.00 bits per heavy atom. The molecule has 1 N–H and O–H groups in total. The van der Waals surface area contributed by atoms with Crippen molar-refractivity contribution in [3.05, 3.63) is 0 Å². The van der Waals surface area contributed by atoms with Crippen LogP contribution >= 0.6 is 0 Å². The normalized spacial score (nSPS) is 36.9. The third-order valence-electron chi connectivity index (χ3n) is 3.81. The number of carbonyl (C=O) groups excluding carboxylic acids is 1. The van der Waals surface area contributed by atoms with E-state index in [1.54, 1.807) is 0 Å². The molecule has 72 valence electrons. The molecule has 2 heterocycles. The summed E-state index contributed by atoms with van der Waals surface area (Å²) in [4.78, 5) is 11.6. The first kappa shape index (κ1) is 7.80. The Balaban J connectivity index is 1.80. The summed E-state index contributed by atoms with van der Waals surface area (Å²) >= 11 is 0. The molecule has 1 spiro atoms. The number of β-lactam (4-membered cyclic amide) rings is 1. The highest BCUT2D eigenvalue weighted by Crippen LogP contribution is 2.50. The number of rotatable bonds is 1. The molecule has 0 aromatic carbocycles. The van der Waals surface area contributed by atoms with Gasteiger partial charge in [-0.1, -0.05) is 0 Å². The molecule has 1 aliphatic carbocycles. The van der Waals surface area contributed by atoms with Crippen LogP contribution in [0.3, 0.4) is 0 Å². The summed E-state index contributed by atoms with van der Waals surface area (Å²) in [5.41, 5.74) is -0.0145. The van der Waals surface area contributed by atoms with Crippen molar-refractivity contribution in [3.8, 4) is 0 Å². The van der Waals surface area contributed by atoms with E-state index in [4.69, 9.17) is 4.74 Å². The van der Waals surface area contributed by atoms with Gasteiger partial charge in [-0.15, -0.1) is 0 Å². The van der Waals surface area contributed by atoms with E-state index >= 15 is 0 Å². The van der Waals surface area contributed by atoms with Crippen LogP contribution < -0.4 is 5.32 Å². The van der Waals surface area contributed by atoms with Gasteiger partial charge in [-0.2, -0.15) is 0 Å². The molecule has 1 amide bonds. The van der Waals surface area contributed by atoms with Gasteiger partial charge in [0.05, 0.1) is 5.41 Å². The predicted molar refractivity (Wildman–Crippen MR) is 47.1 cm³/mol. The summed E-state index contributed by atoms with van der Waals surface area (Å²) in [6.07, 6.45) is 4.51. The topological polar surface area (TPSA) is 38.3 Å². The highest BCUT2D eigenvalue weighted by Gasteiger charge is 2.59. The second-order valence-corrected chi connectivity index (χ2v) is 4.56. The van der Waals surface area contributed by atoms with Crippen molar-refractivity contribution in [2.24, 2.45) is 11.3 Å². The lowest BCUT2D eigenvalue weighted by molar-refractivity contribution is -0.156. The molecule has 0 bridgehead atoms. The first-order valence-electron chi connectivity index (χ1n) is 5.22. The van der Waals surface area contributed by atoms with Crippen LogP contribution in [0.15, 0.2) is 0 Å². The quantitative estimate of drug-likeness (QED) is 0.604. The fraction of sp³-hybridized carbons (Fsp3) is 0.900. The summed E-state index contributed by atoms with van der Waals surface area (Å²) in [6.45, 7) is 1.55. The maximum absolute atomic E-state index is 11.6. The maximum Gasteiger partial charge on any atom is 0.228 e. The lowest BCUT2D eigenvalue weighted by Gasteiger charge is -2.51. The average molecular weight is 181 g/mol. The highest BCUT2D eigenvalue weighted by molar-refractivity contribution is 5.90. The second-order valence-electron chi connectivity index (χ2n) is 4.56. The summed E-state index contributed by atoms with van der Waals surface area (Å²) in [5, 5.41) is 3.07. The van der Waals surface area contributed by atoms with Crippen LogP contribution in [0.25, 0.3) is 0 Å². The van der Waals surface area contributed by atoms with Gasteiger partial charge >= 0.3 is 0 Å². The fourth-order valence-electron chi connectivity index (χ4n) is 2.76. The largest absolute Gasteiger partial charge is 0.381 e. The van der Waals surface area contributed by atoms with E-state index < -0.39 is 0 Å². The van der Waals surface area contributed by atoms with Crippen LogP contribution in [0, 0.1) is 11.3 Å². The molecule has 3 aliphatic rings. The van der Waals surface area contributed by atoms with Crippen LogP contribution in [0.5, 0.6) is 0 Å². The van der Waals surface area contributed by atoms with Gasteiger partial charge in [-0.25, -0.2) is 0 Å². The number of nitrogens with one attached hydrogen (secondary N) is 1. The molecule has 2 aliphatic heterocycles. The Morgan fingerprint density at radius 3 is 2.54 bits per heavy atom. The number of amides is 1. The number of carbonyl (C=O) groups is 1. The van der Waals surface area contributed by atoms with Crippen LogP contribution in [0.2, 0.25) is 0 Å². The molecule has 0 radical (unpaired) electrons. The summed E-state index contributed by atoms with van der Waals surface area (Å²) in [6, 6.07) is 0.490. The number of ether oxygens (including phenoxy) is 1. The minimum Gasteiger partial charge on any atom is -0.381 e. The zero-order chi connectivity index (χ0) is 8.89. The highest BCUT2D eigenvalue weighted by atomic mass is 16.5. The molecule has 13 heavy (non-hydrogen) atoms. The van der Waals surface area contributed by atoms with E-state index in [0.29, 0.717) is 6.04 Å². The summed E-state index contributed by atoms with van der Waals surface area (Å²) in [7, 11) is 0. The smallest absolute Gasteiger partial charge is 0.228 e. The van der Waals surface area contributed by atoms with Crippen molar-refractivity contribution in [1.29, 1.82) is 0 Å². The van der Waals surface area contributed by atoms with E-state index in [0.717, 1.165) is 32.0 Å². The van der Waals surface area contributed by atoms with Crippen molar-refractivity contribution >= 4 is 5.91 Å². The molecule has 3 heteroatoms. The van der Waals surface area contributed by atoms with E-state index in [1.165, 1.54) is 12.8 Å². The van der Waals surface area contributed by atoms with E-state index in [9.17, 15) is 4.79 Å². The Morgan fingerprint density at radius 1 is 1.31 bits per heavy atom. The Kier molecular flexibility index (Phi) is 1.48. The van der Waals surface area contributed by atoms with Gasteiger partial charge in [0.25, 0.3) is 0 Å². The van der Waals surface area contributed by atoms with Gasteiger partial charge in [0.1, 0.15) is 0 Å². The first-order valence-corrected chi connectivity index (χ1v) is 5.22. The van der Waals surface area contributed by atoms with Crippen molar-refractivity contribution in [2.45, 2.75) is 31.7 Å². The molecule has 2 saturated heterocycles. The maximum atomic E-state index is 11.6. The molecule has 1 saturated carbocycles. The molecule has 3 fully saturated rings. The minimum absolute atomic E-state index is 0.0145. The molecule has 0 aromatic heterocycles. The van der Waals surface area contributed by atoms with Crippen molar-refractivity contribution in [1.82, 2.24) is 5.32 Å². The standard InChI is InChI=1S/C10H15NO2/c12-9-10(3-5-13-6-4-10)8(11-9)7-1-2-7/h7-8H,1-6H2,(H,11,12). The van der Waals surface area contributed by atoms with Gasteiger partial charge in [0.15, 0.2) is 0 Å². The van der Waals surface area contributed by atoms with Crippen molar-refractivity contribution < 1.29 is 9.53 Å². The Bertz CT molecular complexity index is 241. The van der Waals surface area contributed by atoms with E-state index in [1.807, 2.05) is 0 Å². The number of hydrogen-bond acceptors (Lipinski definition) is 2. The van der Waals surface area contributed by atoms with Crippen LogP contribution in [0.4, 0.5) is 0 Å². The molecule has 3 nitrogen and oxygen atoms in total. The van der Waals surface area contributed by atoms with Crippen LogP contribution in [-0.4, -0.2) is 25.2 Å². The fourth-order valence-corrected chi connectivity index (χ4v) is 2.76.